The predicted molar refractivity (Wildman–Crippen MR) is 117 cm³/mol. The largest absolute Gasteiger partial charge is 0.497 e. The van der Waals surface area contributed by atoms with Crippen molar-refractivity contribution in [3.05, 3.63) is 59.1 Å². The second-order valence-electron chi connectivity index (χ2n) is 7.82. The molecule has 0 bridgehead atoms. The number of rotatable bonds is 6. The van der Waals surface area contributed by atoms with Crippen LogP contribution in [0.25, 0.3) is 10.2 Å². The van der Waals surface area contributed by atoms with E-state index in [-0.39, 0.29) is 5.91 Å². The summed E-state index contributed by atoms with van der Waals surface area (Å²) in [6.07, 6.45) is 2.20. The number of para-hydroxylation sites is 1. The highest BCUT2D eigenvalue weighted by Gasteiger charge is 2.27. The minimum atomic E-state index is 0.196. The van der Waals surface area contributed by atoms with Crippen LogP contribution in [0.3, 0.4) is 0 Å². The minimum Gasteiger partial charge on any atom is -0.497 e. The molecule has 29 heavy (non-hydrogen) atoms. The first-order valence-electron chi connectivity index (χ1n) is 10.2. The molecular formula is C23H28N3O2S+. The molecule has 0 radical (unpaired) electrons. The van der Waals surface area contributed by atoms with E-state index in [2.05, 4.69) is 18.2 Å². The fourth-order valence-corrected chi connectivity index (χ4v) is 5.13. The van der Waals surface area contributed by atoms with Crippen LogP contribution in [0.1, 0.15) is 29.3 Å². The highest BCUT2D eigenvalue weighted by molar-refractivity contribution is 7.18. The molecule has 0 saturated carbocycles. The minimum absolute atomic E-state index is 0.196. The lowest BCUT2D eigenvalue weighted by atomic mass is 9.97. The van der Waals surface area contributed by atoms with Gasteiger partial charge in [0.1, 0.15) is 5.75 Å². The summed E-state index contributed by atoms with van der Waals surface area (Å²) in [5.74, 6) is 1.55. The second kappa shape index (κ2) is 8.93. The van der Waals surface area contributed by atoms with Crippen LogP contribution in [0, 0.1) is 0 Å². The number of benzene rings is 2. The van der Waals surface area contributed by atoms with Gasteiger partial charge in [-0.2, -0.15) is 0 Å². The summed E-state index contributed by atoms with van der Waals surface area (Å²) in [6.45, 7) is 3.23. The highest BCUT2D eigenvalue weighted by Crippen LogP contribution is 2.31. The van der Waals surface area contributed by atoms with E-state index in [1.165, 1.54) is 14.6 Å². The van der Waals surface area contributed by atoms with Crippen LogP contribution in [-0.4, -0.2) is 49.6 Å². The Morgan fingerprint density at radius 3 is 2.76 bits per heavy atom. The molecule has 0 spiro atoms. The monoisotopic (exact) mass is 410 g/mol. The molecule has 2 heterocycles. The molecule has 1 aliphatic heterocycles. The van der Waals surface area contributed by atoms with Gasteiger partial charge in [0.05, 0.1) is 35.4 Å². The van der Waals surface area contributed by atoms with Crippen molar-refractivity contribution in [3.63, 3.8) is 0 Å². The van der Waals surface area contributed by atoms with Crippen LogP contribution in [0.5, 0.6) is 5.75 Å². The summed E-state index contributed by atoms with van der Waals surface area (Å²) in [7, 11) is 3.55. The van der Waals surface area contributed by atoms with Crippen LogP contribution in [0.2, 0.25) is 0 Å². The standard InChI is InChI=1S/C23H27N3O2S/c1-25(15-17-6-5-7-19(14-17)28-2)22(27)16-26-12-10-18(11-13-26)23-24-20-8-3-4-9-21(20)29-23/h3-9,14,18H,10-13,15-16H2,1-2H3/p+1. The molecule has 1 aromatic heterocycles. The van der Waals surface area contributed by atoms with E-state index in [0.29, 0.717) is 19.0 Å². The van der Waals surface area contributed by atoms with Gasteiger partial charge in [0.15, 0.2) is 6.54 Å². The molecular weight excluding hydrogens is 382 g/mol. The molecule has 1 N–H and O–H groups in total. The lowest BCUT2D eigenvalue weighted by Crippen LogP contribution is -3.14. The molecule has 5 nitrogen and oxygen atoms in total. The van der Waals surface area contributed by atoms with Crippen molar-refractivity contribution < 1.29 is 14.4 Å². The number of likely N-dealkylation sites (N-methyl/N-ethyl adjacent to an activating group) is 1. The highest BCUT2D eigenvalue weighted by atomic mass is 32.1. The van der Waals surface area contributed by atoms with Gasteiger partial charge in [0.25, 0.3) is 5.91 Å². The fraction of sp³-hybridized carbons (Fsp3) is 0.391. The number of hydrogen-bond acceptors (Lipinski definition) is 4. The van der Waals surface area contributed by atoms with Gasteiger partial charge < -0.3 is 14.5 Å². The van der Waals surface area contributed by atoms with Gasteiger partial charge in [-0.05, 0) is 29.8 Å². The first-order valence-corrected chi connectivity index (χ1v) is 11.0. The third-order valence-electron chi connectivity index (χ3n) is 5.73. The molecule has 1 saturated heterocycles. The van der Waals surface area contributed by atoms with Crippen molar-refractivity contribution in [2.24, 2.45) is 0 Å². The summed E-state index contributed by atoms with van der Waals surface area (Å²) >= 11 is 1.82. The van der Waals surface area contributed by atoms with Crippen molar-refractivity contribution in [2.75, 3.05) is 33.8 Å². The molecule has 1 aliphatic rings. The SMILES string of the molecule is COc1cccc(CN(C)C(=O)C[NH+]2CCC(c3nc4ccccc4s3)CC2)c1. The average Bonchev–Trinajstić information content (AvgIpc) is 3.18. The number of fused-ring (bicyclic) bond motifs is 1. The molecule has 152 valence electrons. The second-order valence-corrected chi connectivity index (χ2v) is 8.88. The maximum Gasteiger partial charge on any atom is 0.277 e. The molecule has 3 aromatic rings. The van der Waals surface area contributed by atoms with Crippen LogP contribution < -0.4 is 9.64 Å². The van der Waals surface area contributed by atoms with Crippen LogP contribution >= 0.6 is 11.3 Å². The maximum atomic E-state index is 12.7. The van der Waals surface area contributed by atoms with E-state index in [4.69, 9.17) is 9.72 Å². The quantitative estimate of drug-likeness (QED) is 0.680. The van der Waals surface area contributed by atoms with E-state index in [1.54, 1.807) is 7.11 Å². The van der Waals surface area contributed by atoms with Crippen LogP contribution in [0.15, 0.2) is 48.5 Å². The van der Waals surface area contributed by atoms with Crippen molar-refractivity contribution in [3.8, 4) is 5.75 Å². The van der Waals surface area contributed by atoms with Gasteiger partial charge in [0, 0.05) is 32.4 Å². The summed E-state index contributed by atoms with van der Waals surface area (Å²) < 4.78 is 6.54. The number of carbonyl (C=O) groups excluding carboxylic acids is 1. The lowest BCUT2D eigenvalue weighted by molar-refractivity contribution is -0.897. The Morgan fingerprint density at radius 1 is 1.21 bits per heavy atom. The fourth-order valence-electron chi connectivity index (χ4n) is 4.00. The third kappa shape index (κ3) is 4.77. The first-order chi connectivity index (χ1) is 14.1. The number of ether oxygens (including phenoxy) is 1. The number of thiazole rings is 1. The summed E-state index contributed by atoms with van der Waals surface area (Å²) in [4.78, 5) is 20.7. The van der Waals surface area contributed by atoms with Gasteiger partial charge in [0.2, 0.25) is 0 Å². The van der Waals surface area contributed by atoms with Crippen molar-refractivity contribution >= 4 is 27.5 Å². The van der Waals surface area contributed by atoms with E-state index in [9.17, 15) is 4.79 Å². The van der Waals surface area contributed by atoms with Crippen molar-refractivity contribution in [1.82, 2.24) is 9.88 Å². The predicted octanol–water partition coefficient (Wildman–Crippen LogP) is 2.73. The number of hydrogen-bond donors (Lipinski definition) is 1. The van der Waals surface area contributed by atoms with Crippen molar-refractivity contribution in [2.45, 2.75) is 25.3 Å². The molecule has 0 unspecified atom stereocenters. The smallest absolute Gasteiger partial charge is 0.277 e. The Morgan fingerprint density at radius 2 is 2.00 bits per heavy atom. The van der Waals surface area contributed by atoms with E-state index in [1.807, 2.05) is 53.6 Å². The van der Waals surface area contributed by atoms with E-state index in [0.717, 1.165) is 42.8 Å². The normalized spacial score (nSPS) is 19.2. The lowest BCUT2D eigenvalue weighted by Gasteiger charge is -2.29. The zero-order valence-electron chi connectivity index (χ0n) is 17.1. The summed E-state index contributed by atoms with van der Waals surface area (Å²) in [5, 5.41) is 1.26. The molecule has 0 aliphatic carbocycles. The number of likely N-dealkylation sites (tertiary alicyclic amines) is 1. The van der Waals surface area contributed by atoms with Crippen LogP contribution in [-0.2, 0) is 11.3 Å². The molecule has 1 fully saturated rings. The molecule has 2 aromatic carbocycles. The number of nitrogens with one attached hydrogen (secondary N) is 1. The zero-order valence-corrected chi connectivity index (χ0v) is 17.9. The van der Waals surface area contributed by atoms with Gasteiger partial charge in [-0.25, -0.2) is 4.98 Å². The Balaban J connectivity index is 1.28. The first kappa shape index (κ1) is 19.9. The Kier molecular flexibility index (Phi) is 6.11. The number of quaternary nitrogens is 1. The van der Waals surface area contributed by atoms with E-state index >= 15 is 0 Å². The van der Waals surface area contributed by atoms with Crippen LogP contribution in [0.4, 0.5) is 0 Å². The summed E-state index contributed by atoms with van der Waals surface area (Å²) in [6, 6.07) is 16.3. The van der Waals surface area contributed by atoms with Gasteiger partial charge >= 0.3 is 0 Å². The topological polar surface area (TPSA) is 46.9 Å². The molecule has 0 atom stereocenters. The third-order valence-corrected chi connectivity index (χ3v) is 6.93. The van der Waals surface area contributed by atoms with Crippen molar-refractivity contribution in [1.29, 1.82) is 0 Å². The maximum absolute atomic E-state index is 12.7. The Labute approximate surface area is 175 Å². The molecule has 4 rings (SSSR count). The summed E-state index contributed by atoms with van der Waals surface area (Å²) in [5.41, 5.74) is 2.20. The van der Waals surface area contributed by atoms with Gasteiger partial charge in [-0.1, -0.05) is 24.3 Å². The molecule has 1 amide bonds. The Hall–Kier alpha value is -2.44. The van der Waals surface area contributed by atoms with E-state index < -0.39 is 0 Å². The average molecular weight is 411 g/mol. The number of amides is 1. The van der Waals surface area contributed by atoms with Gasteiger partial charge in [-0.15, -0.1) is 11.3 Å². The zero-order chi connectivity index (χ0) is 20.2. The molecule has 6 heteroatoms. The number of aromatic nitrogens is 1. The van der Waals surface area contributed by atoms with Gasteiger partial charge in [-0.3, -0.25) is 4.79 Å². The number of carbonyl (C=O) groups is 1. The number of piperidine rings is 1. The Bertz CT molecular complexity index is 946. The number of nitrogens with zero attached hydrogens (tertiary/aromatic N) is 2. The number of methoxy groups -OCH3 is 1.